The van der Waals surface area contributed by atoms with Gasteiger partial charge in [0.05, 0.1) is 7.11 Å². The van der Waals surface area contributed by atoms with Crippen molar-refractivity contribution in [2.75, 3.05) is 7.11 Å². The Morgan fingerprint density at radius 2 is 2.16 bits per heavy atom. The normalized spacial score (nSPS) is 23.3. The zero-order valence-electron chi connectivity index (χ0n) is 12.5. The Balaban J connectivity index is 1.86. The minimum atomic E-state index is 0.709. The smallest absolute Gasteiger partial charge is 0.121 e. The molecule has 2 nitrogen and oxygen atoms in total. The first-order valence-corrected chi connectivity index (χ1v) is 7.59. The number of rotatable bonds is 5. The van der Waals surface area contributed by atoms with E-state index in [1.54, 1.807) is 7.11 Å². The van der Waals surface area contributed by atoms with Crippen LogP contribution in [0.5, 0.6) is 5.75 Å². The van der Waals surface area contributed by atoms with Crippen molar-refractivity contribution < 1.29 is 4.74 Å². The minimum absolute atomic E-state index is 0.709. The molecule has 0 aliphatic heterocycles. The van der Waals surface area contributed by atoms with Crippen LogP contribution in [0.2, 0.25) is 0 Å². The van der Waals surface area contributed by atoms with Crippen LogP contribution < -0.4 is 10.1 Å². The highest BCUT2D eigenvalue weighted by atomic mass is 16.5. The second-order valence-electron chi connectivity index (χ2n) is 5.82. The van der Waals surface area contributed by atoms with Gasteiger partial charge >= 0.3 is 0 Å². The topological polar surface area (TPSA) is 21.3 Å². The van der Waals surface area contributed by atoms with Gasteiger partial charge in [-0.2, -0.15) is 0 Å². The van der Waals surface area contributed by atoms with Crippen molar-refractivity contribution in [3.8, 4) is 5.75 Å². The molecule has 2 rings (SSSR count). The van der Waals surface area contributed by atoms with Gasteiger partial charge in [-0.1, -0.05) is 38.3 Å². The molecule has 19 heavy (non-hydrogen) atoms. The Kier molecular flexibility index (Phi) is 5.26. The van der Waals surface area contributed by atoms with E-state index in [0.717, 1.165) is 18.2 Å². The predicted octanol–water partition coefficient (Wildman–Crippen LogP) is 4.06. The van der Waals surface area contributed by atoms with Gasteiger partial charge in [-0.25, -0.2) is 0 Å². The molecule has 1 fully saturated rings. The number of hydrogen-bond acceptors (Lipinski definition) is 2. The van der Waals surface area contributed by atoms with Crippen molar-refractivity contribution in [3.63, 3.8) is 0 Å². The molecule has 2 unspecified atom stereocenters. The van der Waals surface area contributed by atoms with E-state index in [9.17, 15) is 0 Å². The fourth-order valence-corrected chi connectivity index (χ4v) is 3.16. The summed E-state index contributed by atoms with van der Waals surface area (Å²) in [5.74, 6) is 1.91. The molecular formula is C17H27NO. The molecule has 2 atom stereocenters. The molecule has 0 spiro atoms. The number of methoxy groups -OCH3 is 1. The van der Waals surface area contributed by atoms with Gasteiger partial charge in [0.25, 0.3) is 0 Å². The van der Waals surface area contributed by atoms with E-state index < -0.39 is 0 Å². The summed E-state index contributed by atoms with van der Waals surface area (Å²) in [4.78, 5) is 0. The van der Waals surface area contributed by atoms with Crippen LogP contribution in [0.25, 0.3) is 0 Å². The highest BCUT2D eigenvalue weighted by molar-refractivity contribution is 5.36. The van der Waals surface area contributed by atoms with Crippen LogP contribution in [0.15, 0.2) is 18.2 Å². The first kappa shape index (κ1) is 14.4. The molecule has 1 N–H and O–H groups in total. The maximum absolute atomic E-state index is 5.30. The van der Waals surface area contributed by atoms with E-state index in [0.29, 0.717) is 6.04 Å². The van der Waals surface area contributed by atoms with Gasteiger partial charge in [0.1, 0.15) is 5.75 Å². The molecule has 0 heterocycles. The maximum atomic E-state index is 5.30. The molecule has 1 aliphatic rings. The highest BCUT2D eigenvalue weighted by Crippen LogP contribution is 2.27. The van der Waals surface area contributed by atoms with Crippen LogP contribution in [0.4, 0.5) is 0 Å². The zero-order valence-corrected chi connectivity index (χ0v) is 12.5. The van der Waals surface area contributed by atoms with Gasteiger partial charge in [-0.15, -0.1) is 0 Å². The van der Waals surface area contributed by atoms with E-state index in [-0.39, 0.29) is 0 Å². The number of aryl methyl sites for hydroxylation is 1. The molecule has 0 aromatic heterocycles. The summed E-state index contributed by atoms with van der Waals surface area (Å²) in [6.07, 6.45) is 6.84. The summed E-state index contributed by atoms with van der Waals surface area (Å²) in [5.41, 5.74) is 2.58. The number of hydrogen-bond donors (Lipinski definition) is 1. The summed E-state index contributed by atoms with van der Waals surface area (Å²) in [7, 11) is 1.73. The molecular weight excluding hydrogens is 234 g/mol. The van der Waals surface area contributed by atoms with Crippen LogP contribution in [0, 0.1) is 12.8 Å². The monoisotopic (exact) mass is 261 g/mol. The quantitative estimate of drug-likeness (QED) is 0.863. The summed E-state index contributed by atoms with van der Waals surface area (Å²) in [6, 6.07) is 7.17. The Hall–Kier alpha value is -1.02. The van der Waals surface area contributed by atoms with E-state index in [1.165, 1.54) is 43.2 Å². The number of benzene rings is 1. The van der Waals surface area contributed by atoms with Crippen LogP contribution in [-0.2, 0) is 6.54 Å². The Morgan fingerprint density at radius 1 is 1.32 bits per heavy atom. The van der Waals surface area contributed by atoms with Crippen molar-refractivity contribution in [1.82, 2.24) is 5.32 Å². The SMILES string of the molecule is CCC1CCCC(NCc2ccc(OC)c(C)c2)C1. The molecule has 0 radical (unpaired) electrons. The first-order chi connectivity index (χ1) is 9.22. The number of ether oxygens (including phenoxy) is 1. The van der Waals surface area contributed by atoms with E-state index in [4.69, 9.17) is 4.74 Å². The van der Waals surface area contributed by atoms with E-state index in [1.807, 2.05) is 0 Å². The summed E-state index contributed by atoms with van der Waals surface area (Å²) >= 11 is 0. The van der Waals surface area contributed by atoms with Gasteiger partial charge < -0.3 is 10.1 Å². The van der Waals surface area contributed by atoms with Gasteiger partial charge in [-0.3, -0.25) is 0 Å². The van der Waals surface area contributed by atoms with E-state index >= 15 is 0 Å². The third-order valence-corrected chi connectivity index (χ3v) is 4.41. The van der Waals surface area contributed by atoms with Gasteiger partial charge in [0, 0.05) is 12.6 Å². The summed E-state index contributed by atoms with van der Waals surface area (Å²) in [5, 5.41) is 3.73. The Labute approximate surface area is 117 Å². The van der Waals surface area contributed by atoms with Crippen molar-refractivity contribution in [3.05, 3.63) is 29.3 Å². The second kappa shape index (κ2) is 6.95. The predicted molar refractivity (Wildman–Crippen MR) is 80.6 cm³/mol. The molecule has 0 saturated heterocycles. The summed E-state index contributed by atoms with van der Waals surface area (Å²) in [6.45, 7) is 5.40. The maximum Gasteiger partial charge on any atom is 0.121 e. The molecule has 0 bridgehead atoms. The number of nitrogens with one attached hydrogen (secondary N) is 1. The Morgan fingerprint density at radius 3 is 2.84 bits per heavy atom. The molecule has 106 valence electrons. The van der Waals surface area contributed by atoms with Crippen molar-refractivity contribution in [2.45, 2.75) is 58.5 Å². The summed E-state index contributed by atoms with van der Waals surface area (Å²) < 4.78 is 5.30. The van der Waals surface area contributed by atoms with Crippen molar-refractivity contribution in [2.24, 2.45) is 5.92 Å². The van der Waals surface area contributed by atoms with Gasteiger partial charge in [0.15, 0.2) is 0 Å². The minimum Gasteiger partial charge on any atom is -0.496 e. The lowest BCUT2D eigenvalue weighted by Gasteiger charge is -2.29. The fourth-order valence-electron chi connectivity index (χ4n) is 3.16. The fraction of sp³-hybridized carbons (Fsp3) is 0.647. The lowest BCUT2D eigenvalue weighted by molar-refractivity contribution is 0.278. The molecule has 1 aromatic rings. The molecule has 1 aromatic carbocycles. The van der Waals surface area contributed by atoms with Crippen molar-refractivity contribution >= 4 is 0 Å². The average Bonchev–Trinajstić information content (AvgIpc) is 2.45. The largest absolute Gasteiger partial charge is 0.496 e. The van der Waals surface area contributed by atoms with Crippen LogP contribution >= 0.6 is 0 Å². The van der Waals surface area contributed by atoms with Crippen LogP contribution in [-0.4, -0.2) is 13.2 Å². The lowest BCUT2D eigenvalue weighted by atomic mass is 9.84. The molecule has 2 heteroatoms. The van der Waals surface area contributed by atoms with E-state index in [2.05, 4.69) is 37.4 Å². The third-order valence-electron chi connectivity index (χ3n) is 4.41. The third kappa shape index (κ3) is 3.97. The first-order valence-electron chi connectivity index (χ1n) is 7.59. The van der Waals surface area contributed by atoms with Crippen LogP contribution in [0.1, 0.15) is 50.2 Å². The highest BCUT2D eigenvalue weighted by Gasteiger charge is 2.20. The standard InChI is InChI=1S/C17H27NO/c1-4-14-6-5-7-16(11-14)18-12-15-8-9-17(19-3)13(2)10-15/h8-10,14,16,18H,4-7,11-12H2,1-3H3. The molecule has 1 saturated carbocycles. The van der Waals surface area contributed by atoms with Gasteiger partial charge in [-0.05, 0) is 42.9 Å². The Bertz CT molecular complexity index is 402. The second-order valence-corrected chi connectivity index (χ2v) is 5.82. The molecule has 0 amide bonds. The van der Waals surface area contributed by atoms with Crippen LogP contribution in [0.3, 0.4) is 0 Å². The lowest BCUT2D eigenvalue weighted by Crippen LogP contribution is -2.33. The van der Waals surface area contributed by atoms with Gasteiger partial charge in [0.2, 0.25) is 0 Å². The molecule has 1 aliphatic carbocycles. The van der Waals surface area contributed by atoms with Crippen molar-refractivity contribution in [1.29, 1.82) is 0 Å². The zero-order chi connectivity index (χ0) is 13.7. The average molecular weight is 261 g/mol.